The van der Waals surface area contributed by atoms with Gasteiger partial charge in [0.15, 0.2) is 0 Å². The fourth-order valence-corrected chi connectivity index (χ4v) is 1.84. The minimum atomic E-state index is -0.777. The molecule has 0 bridgehead atoms. The van der Waals surface area contributed by atoms with Gasteiger partial charge < -0.3 is 9.84 Å². The maximum Gasteiger partial charge on any atom is 0.316 e. The number of ether oxygens (including phenoxy) is 1. The van der Waals surface area contributed by atoms with Crippen molar-refractivity contribution in [1.29, 1.82) is 0 Å². The molecule has 1 N–H and O–H groups in total. The van der Waals surface area contributed by atoms with Gasteiger partial charge in [0.2, 0.25) is 0 Å². The SMILES string of the molecule is Cc1cccc(OCCSC(C)C(=O)O)c1. The Bertz CT molecular complexity index is 352. The summed E-state index contributed by atoms with van der Waals surface area (Å²) in [4.78, 5) is 10.5. The quantitative estimate of drug-likeness (QED) is 0.776. The first-order valence-corrected chi connectivity index (χ1v) is 6.18. The largest absolute Gasteiger partial charge is 0.493 e. The Hall–Kier alpha value is -1.16. The summed E-state index contributed by atoms with van der Waals surface area (Å²) in [6, 6.07) is 7.81. The van der Waals surface area contributed by atoms with Crippen molar-refractivity contribution in [1.82, 2.24) is 0 Å². The van der Waals surface area contributed by atoms with Gasteiger partial charge in [-0.2, -0.15) is 0 Å². The summed E-state index contributed by atoms with van der Waals surface area (Å²) >= 11 is 1.38. The molecule has 3 nitrogen and oxygen atoms in total. The van der Waals surface area contributed by atoms with Crippen LogP contribution >= 0.6 is 11.8 Å². The summed E-state index contributed by atoms with van der Waals surface area (Å²) in [5.41, 5.74) is 1.16. The Labute approximate surface area is 99.8 Å². The van der Waals surface area contributed by atoms with Crippen molar-refractivity contribution in [2.75, 3.05) is 12.4 Å². The van der Waals surface area contributed by atoms with Gasteiger partial charge in [-0.15, -0.1) is 11.8 Å². The highest BCUT2D eigenvalue weighted by Crippen LogP contribution is 2.14. The van der Waals surface area contributed by atoms with Crippen molar-refractivity contribution in [3.8, 4) is 5.75 Å². The summed E-state index contributed by atoms with van der Waals surface area (Å²) in [5.74, 6) is 0.741. The molecule has 1 aromatic rings. The molecule has 0 heterocycles. The van der Waals surface area contributed by atoms with E-state index < -0.39 is 5.97 Å². The van der Waals surface area contributed by atoms with Gasteiger partial charge in [-0.25, -0.2) is 0 Å². The van der Waals surface area contributed by atoms with E-state index in [1.165, 1.54) is 11.8 Å². The van der Waals surface area contributed by atoms with Crippen LogP contribution in [-0.2, 0) is 4.79 Å². The van der Waals surface area contributed by atoms with E-state index in [0.29, 0.717) is 12.4 Å². The molecule has 0 amide bonds. The van der Waals surface area contributed by atoms with Crippen LogP contribution in [0.3, 0.4) is 0 Å². The summed E-state index contributed by atoms with van der Waals surface area (Å²) in [6.07, 6.45) is 0. The Morgan fingerprint density at radius 2 is 2.31 bits per heavy atom. The number of rotatable bonds is 6. The van der Waals surface area contributed by atoms with Gasteiger partial charge in [-0.05, 0) is 31.5 Å². The van der Waals surface area contributed by atoms with E-state index in [-0.39, 0.29) is 5.25 Å². The summed E-state index contributed by atoms with van der Waals surface area (Å²) in [7, 11) is 0. The molecule has 16 heavy (non-hydrogen) atoms. The normalized spacial score (nSPS) is 12.1. The highest BCUT2D eigenvalue weighted by molar-refractivity contribution is 8.00. The minimum absolute atomic E-state index is 0.374. The molecule has 4 heteroatoms. The van der Waals surface area contributed by atoms with Gasteiger partial charge >= 0.3 is 5.97 Å². The number of carboxylic acids is 1. The van der Waals surface area contributed by atoms with Crippen LogP contribution in [0.4, 0.5) is 0 Å². The van der Waals surface area contributed by atoms with Crippen molar-refractivity contribution < 1.29 is 14.6 Å². The number of hydrogen-bond donors (Lipinski definition) is 1. The van der Waals surface area contributed by atoms with Crippen LogP contribution in [0, 0.1) is 6.92 Å². The van der Waals surface area contributed by atoms with Crippen LogP contribution in [0.25, 0.3) is 0 Å². The number of aryl methyl sites for hydroxylation is 1. The molecule has 0 fully saturated rings. The van der Waals surface area contributed by atoms with E-state index in [0.717, 1.165) is 11.3 Å². The summed E-state index contributed by atoms with van der Waals surface area (Å²) in [6.45, 7) is 4.22. The lowest BCUT2D eigenvalue weighted by Crippen LogP contribution is -2.14. The molecule has 0 spiro atoms. The van der Waals surface area contributed by atoms with Crippen LogP contribution < -0.4 is 4.74 Å². The third kappa shape index (κ3) is 4.57. The molecule has 0 saturated carbocycles. The lowest BCUT2D eigenvalue weighted by Gasteiger charge is -2.08. The molecule has 0 radical (unpaired) electrons. The van der Waals surface area contributed by atoms with Gasteiger partial charge in [-0.3, -0.25) is 4.79 Å². The van der Waals surface area contributed by atoms with Gasteiger partial charge in [-0.1, -0.05) is 12.1 Å². The topological polar surface area (TPSA) is 46.5 Å². The van der Waals surface area contributed by atoms with Crippen LogP contribution in [0.15, 0.2) is 24.3 Å². The van der Waals surface area contributed by atoms with E-state index in [1.807, 2.05) is 31.2 Å². The Kier molecular flexibility index (Phi) is 5.19. The molecule has 0 aliphatic carbocycles. The van der Waals surface area contributed by atoms with Gasteiger partial charge in [0.25, 0.3) is 0 Å². The monoisotopic (exact) mass is 240 g/mol. The van der Waals surface area contributed by atoms with Gasteiger partial charge in [0.05, 0.1) is 11.9 Å². The molecule has 1 aromatic carbocycles. The fraction of sp³-hybridized carbons (Fsp3) is 0.417. The molecule has 1 rings (SSSR count). The number of carbonyl (C=O) groups is 1. The molecule has 0 aliphatic rings. The second kappa shape index (κ2) is 6.43. The van der Waals surface area contributed by atoms with Crippen molar-refractivity contribution >= 4 is 17.7 Å². The first-order chi connectivity index (χ1) is 7.59. The average Bonchev–Trinajstić information content (AvgIpc) is 2.24. The zero-order valence-electron chi connectivity index (χ0n) is 9.47. The smallest absolute Gasteiger partial charge is 0.316 e. The van der Waals surface area contributed by atoms with Crippen LogP contribution in [0.5, 0.6) is 5.75 Å². The average molecular weight is 240 g/mol. The number of benzene rings is 1. The van der Waals surface area contributed by atoms with Gasteiger partial charge in [0.1, 0.15) is 5.75 Å². The minimum Gasteiger partial charge on any atom is -0.493 e. The number of aliphatic carboxylic acids is 1. The Morgan fingerprint density at radius 1 is 1.56 bits per heavy atom. The van der Waals surface area contributed by atoms with E-state index in [9.17, 15) is 4.79 Å². The zero-order chi connectivity index (χ0) is 12.0. The number of thioether (sulfide) groups is 1. The van der Waals surface area contributed by atoms with Crippen LogP contribution in [0.1, 0.15) is 12.5 Å². The molecule has 88 valence electrons. The standard InChI is InChI=1S/C12H16O3S/c1-9-4-3-5-11(8-9)15-6-7-16-10(2)12(13)14/h3-5,8,10H,6-7H2,1-2H3,(H,13,14). The predicted molar refractivity (Wildman–Crippen MR) is 66.2 cm³/mol. The molecule has 0 aliphatic heterocycles. The van der Waals surface area contributed by atoms with E-state index in [1.54, 1.807) is 6.92 Å². The predicted octanol–water partition coefficient (Wildman–Crippen LogP) is 2.58. The van der Waals surface area contributed by atoms with Gasteiger partial charge in [0, 0.05) is 5.75 Å². The molecular formula is C12H16O3S. The van der Waals surface area contributed by atoms with Crippen molar-refractivity contribution in [2.24, 2.45) is 0 Å². The third-order valence-corrected chi connectivity index (χ3v) is 3.16. The first kappa shape index (κ1) is 12.9. The van der Waals surface area contributed by atoms with Crippen LogP contribution in [0.2, 0.25) is 0 Å². The zero-order valence-corrected chi connectivity index (χ0v) is 10.3. The van der Waals surface area contributed by atoms with Crippen molar-refractivity contribution in [3.05, 3.63) is 29.8 Å². The molecule has 1 unspecified atom stereocenters. The number of hydrogen-bond acceptors (Lipinski definition) is 3. The second-order valence-electron chi connectivity index (χ2n) is 3.52. The fourth-order valence-electron chi connectivity index (χ4n) is 1.16. The molecule has 0 aromatic heterocycles. The van der Waals surface area contributed by atoms with Crippen molar-refractivity contribution in [2.45, 2.75) is 19.1 Å². The molecule has 0 saturated heterocycles. The van der Waals surface area contributed by atoms with E-state index in [4.69, 9.17) is 9.84 Å². The van der Waals surface area contributed by atoms with Crippen molar-refractivity contribution in [3.63, 3.8) is 0 Å². The highest BCUT2D eigenvalue weighted by atomic mass is 32.2. The lowest BCUT2D eigenvalue weighted by atomic mass is 10.2. The lowest BCUT2D eigenvalue weighted by molar-refractivity contribution is -0.136. The molecular weight excluding hydrogens is 224 g/mol. The Balaban J connectivity index is 2.23. The maximum absolute atomic E-state index is 10.5. The van der Waals surface area contributed by atoms with Crippen LogP contribution in [-0.4, -0.2) is 28.7 Å². The highest BCUT2D eigenvalue weighted by Gasteiger charge is 2.10. The number of carboxylic acid groups (broad SMARTS) is 1. The van der Waals surface area contributed by atoms with E-state index in [2.05, 4.69) is 0 Å². The van der Waals surface area contributed by atoms with E-state index >= 15 is 0 Å². The summed E-state index contributed by atoms with van der Waals surface area (Å²) in [5, 5.41) is 8.30. The third-order valence-electron chi connectivity index (χ3n) is 2.06. The first-order valence-electron chi connectivity index (χ1n) is 5.13. The molecule has 1 atom stereocenters. The Morgan fingerprint density at radius 3 is 2.94 bits per heavy atom. The maximum atomic E-state index is 10.5. The summed E-state index contributed by atoms with van der Waals surface area (Å²) < 4.78 is 5.50. The second-order valence-corrected chi connectivity index (χ2v) is 4.96.